The van der Waals surface area contributed by atoms with Gasteiger partial charge in [-0.2, -0.15) is 4.31 Å². The van der Waals surface area contributed by atoms with Gasteiger partial charge in [0.2, 0.25) is 15.9 Å². The van der Waals surface area contributed by atoms with E-state index in [1.165, 1.54) is 28.6 Å². The van der Waals surface area contributed by atoms with Gasteiger partial charge in [-0.25, -0.2) is 8.42 Å². The van der Waals surface area contributed by atoms with Crippen LogP contribution in [0, 0.1) is 16.0 Å². The number of amides is 1. The predicted molar refractivity (Wildman–Crippen MR) is 83.8 cm³/mol. The first-order valence-electron chi connectivity index (χ1n) is 7.23. The number of benzene rings is 1. The summed E-state index contributed by atoms with van der Waals surface area (Å²) in [5, 5.41) is 10.6. The normalized spacial score (nSPS) is 22.7. The summed E-state index contributed by atoms with van der Waals surface area (Å²) >= 11 is 0. The number of primary amides is 1. The molecule has 1 aliphatic rings. The smallest absolute Gasteiger partial charge is 0.269 e. The van der Waals surface area contributed by atoms with Gasteiger partial charge in [-0.05, 0) is 25.3 Å². The van der Waals surface area contributed by atoms with E-state index in [-0.39, 0.29) is 24.0 Å². The topological polar surface area (TPSA) is 124 Å². The van der Waals surface area contributed by atoms with Gasteiger partial charge in [0.05, 0.1) is 16.6 Å². The molecule has 1 amide bonds. The Hall–Kier alpha value is -2.00. The molecule has 1 aliphatic heterocycles. The molecule has 2 rings (SSSR count). The fraction of sp³-hybridized carbons (Fsp3) is 0.500. The van der Waals surface area contributed by atoms with Gasteiger partial charge in [0.15, 0.2) is 0 Å². The number of hydrogen-bond donors (Lipinski definition) is 1. The van der Waals surface area contributed by atoms with E-state index in [1.54, 1.807) is 6.92 Å². The van der Waals surface area contributed by atoms with Gasteiger partial charge in [-0.3, -0.25) is 14.9 Å². The number of nitro groups is 1. The average molecular weight is 341 g/mol. The SMILES string of the molecule is CC1CCC(C(N)=O)CN1S(=O)(=O)Cc1ccc([N+](=O)[O-])cc1. The maximum atomic E-state index is 12.6. The van der Waals surface area contributed by atoms with E-state index in [1.807, 2.05) is 0 Å². The summed E-state index contributed by atoms with van der Waals surface area (Å²) in [6.45, 7) is 1.89. The van der Waals surface area contributed by atoms with Gasteiger partial charge in [-0.15, -0.1) is 0 Å². The van der Waals surface area contributed by atoms with Crippen LogP contribution in [0.3, 0.4) is 0 Å². The molecule has 1 saturated heterocycles. The summed E-state index contributed by atoms with van der Waals surface area (Å²) in [5.74, 6) is -1.23. The van der Waals surface area contributed by atoms with Gasteiger partial charge >= 0.3 is 0 Å². The summed E-state index contributed by atoms with van der Waals surface area (Å²) in [6, 6.07) is 5.20. The summed E-state index contributed by atoms with van der Waals surface area (Å²) in [5.41, 5.74) is 5.66. The summed E-state index contributed by atoms with van der Waals surface area (Å²) < 4.78 is 26.5. The quantitative estimate of drug-likeness (QED) is 0.632. The summed E-state index contributed by atoms with van der Waals surface area (Å²) in [7, 11) is -3.63. The first kappa shape index (κ1) is 17.4. The van der Waals surface area contributed by atoms with E-state index in [0.29, 0.717) is 18.4 Å². The van der Waals surface area contributed by atoms with Crippen LogP contribution in [0.4, 0.5) is 5.69 Å². The van der Waals surface area contributed by atoms with Crippen LogP contribution in [0.5, 0.6) is 0 Å². The molecule has 8 nitrogen and oxygen atoms in total. The van der Waals surface area contributed by atoms with E-state index in [9.17, 15) is 23.3 Å². The van der Waals surface area contributed by atoms with Crippen LogP contribution in [0.25, 0.3) is 0 Å². The van der Waals surface area contributed by atoms with Crippen LogP contribution in [0.15, 0.2) is 24.3 Å². The zero-order chi connectivity index (χ0) is 17.2. The Balaban J connectivity index is 2.16. The molecule has 2 atom stereocenters. The highest BCUT2D eigenvalue weighted by Gasteiger charge is 2.35. The van der Waals surface area contributed by atoms with Crippen LogP contribution in [0.2, 0.25) is 0 Å². The average Bonchev–Trinajstić information content (AvgIpc) is 2.47. The molecule has 0 bridgehead atoms. The third-order valence-corrected chi connectivity index (χ3v) is 6.00. The Bertz CT molecular complexity index is 702. The van der Waals surface area contributed by atoms with E-state index < -0.39 is 26.8 Å². The monoisotopic (exact) mass is 341 g/mol. The molecule has 23 heavy (non-hydrogen) atoms. The molecule has 1 aromatic rings. The van der Waals surface area contributed by atoms with Gasteiger partial charge in [0, 0.05) is 24.7 Å². The molecule has 1 heterocycles. The lowest BCUT2D eigenvalue weighted by Crippen LogP contribution is -2.48. The van der Waals surface area contributed by atoms with Crippen molar-refractivity contribution in [2.45, 2.75) is 31.6 Å². The van der Waals surface area contributed by atoms with E-state index in [2.05, 4.69) is 0 Å². The molecule has 126 valence electrons. The lowest BCUT2D eigenvalue weighted by molar-refractivity contribution is -0.384. The molecule has 1 fully saturated rings. The van der Waals surface area contributed by atoms with Crippen molar-refractivity contribution in [1.29, 1.82) is 0 Å². The number of carbonyl (C=O) groups excluding carboxylic acids is 1. The van der Waals surface area contributed by atoms with Crippen LogP contribution >= 0.6 is 0 Å². The molecule has 0 spiro atoms. The maximum Gasteiger partial charge on any atom is 0.269 e. The van der Waals surface area contributed by atoms with Crippen molar-refractivity contribution in [3.05, 3.63) is 39.9 Å². The molecular formula is C14H19N3O5S. The lowest BCUT2D eigenvalue weighted by Gasteiger charge is -2.35. The number of carbonyl (C=O) groups is 1. The first-order valence-corrected chi connectivity index (χ1v) is 8.84. The minimum absolute atomic E-state index is 0.0891. The molecular weight excluding hydrogens is 322 g/mol. The van der Waals surface area contributed by atoms with Crippen molar-refractivity contribution in [3.8, 4) is 0 Å². The third kappa shape index (κ3) is 4.05. The number of hydrogen-bond acceptors (Lipinski definition) is 5. The molecule has 9 heteroatoms. The molecule has 0 aliphatic carbocycles. The summed E-state index contributed by atoms with van der Waals surface area (Å²) in [4.78, 5) is 21.4. The van der Waals surface area contributed by atoms with Crippen LogP contribution in [0.1, 0.15) is 25.3 Å². The fourth-order valence-corrected chi connectivity index (χ4v) is 4.54. The highest BCUT2D eigenvalue weighted by molar-refractivity contribution is 7.88. The van der Waals surface area contributed by atoms with Crippen molar-refractivity contribution in [2.24, 2.45) is 11.7 Å². The Kier molecular flexibility index (Phi) is 5.00. The minimum atomic E-state index is -3.63. The molecule has 1 aromatic carbocycles. The van der Waals surface area contributed by atoms with Crippen molar-refractivity contribution in [3.63, 3.8) is 0 Å². The largest absolute Gasteiger partial charge is 0.369 e. The second-order valence-electron chi connectivity index (χ2n) is 5.78. The van der Waals surface area contributed by atoms with Crippen molar-refractivity contribution in [1.82, 2.24) is 4.31 Å². The Morgan fingerprint density at radius 3 is 2.48 bits per heavy atom. The maximum absolute atomic E-state index is 12.6. The Labute approximate surface area is 134 Å². The fourth-order valence-electron chi connectivity index (χ4n) is 2.70. The standard InChI is InChI=1S/C14H19N3O5S/c1-10-2-5-12(14(15)18)8-16(10)23(21,22)9-11-3-6-13(7-4-11)17(19)20/h3-4,6-7,10,12H,2,5,8-9H2,1H3,(H2,15,18). The number of nitro benzene ring substituents is 1. The predicted octanol–water partition coefficient (Wildman–Crippen LogP) is 1.01. The Morgan fingerprint density at radius 1 is 1.35 bits per heavy atom. The number of nitrogens with zero attached hydrogens (tertiary/aromatic N) is 2. The van der Waals surface area contributed by atoms with Gasteiger partial charge < -0.3 is 5.73 Å². The number of nitrogens with two attached hydrogens (primary N) is 1. The molecule has 2 N–H and O–H groups in total. The second-order valence-corrected chi connectivity index (χ2v) is 7.70. The van der Waals surface area contributed by atoms with Crippen LogP contribution in [-0.2, 0) is 20.6 Å². The minimum Gasteiger partial charge on any atom is -0.369 e. The van der Waals surface area contributed by atoms with Crippen molar-refractivity contribution in [2.75, 3.05) is 6.54 Å². The van der Waals surface area contributed by atoms with E-state index in [4.69, 9.17) is 5.73 Å². The second kappa shape index (κ2) is 6.63. The number of sulfonamides is 1. The van der Waals surface area contributed by atoms with Gasteiger partial charge in [-0.1, -0.05) is 12.1 Å². The zero-order valence-electron chi connectivity index (χ0n) is 12.7. The van der Waals surface area contributed by atoms with E-state index >= 15 is 0 Å². The number of rotatable bonds is 5. The molecule has 2 unspecified atom stereocenters. The Morgan fingerprint density at radius 2 is 1.96 bits per heavy atom. The third-order valence-electron chi connectivity index (χ3n) is 4.08. The number of piperidine rings is 1. The van der Waals surface area contributed by atoms with Crippen LogP contribution < -0.4 is 5.73 Å². The van der Waals surface area contributed by atoms with Gasteiger partial charge in [0.1, 0.15) is 0 Å². The van der Waals surface area contributed by atoms with Gasteiger partial charge in [0.25, 0.3) is 5.69 Å². The highest BCUT2D eigenvalue weighted by Crippen LogP contribution is 2.26. The zero-order valence-corrected chi connectivity index (χ0v) is 13.5. The summed E-state index contributed by atoms with van der Waals surface area (Å²) in [6.07, 6.45) is 1.16. The highest BCUT2D eigenvalue weighted by atomic mass is 32.2. The number of non-ortho nitro benzene ring substituents is 1. The lowest BCUT2D eigenvalue weighted by atomic mass is 9.95. The van der Waals surface area contributed by atoms with Crippen molar-refractivity contribution >= 4 is 21.6 Å². The van der Waals surface area contributed by atoms with Crippen molar-refractivity contribution < 1.29 is 18.1 Å². The molecule has 0 saturated carbocycles. The first-order chi connectivity index (χ1) is 10.7. The van der Waals surface area contributed by atoms with E-state index in [0.717, 1.165) is 0 Å². The van der Waals surface area contributed by atoms with Crippen LogP contribution in [-0.4, -0.2) is 36.1 Å². The molecule has 0 radical (unpaired) electrons. The molecule has 0 aromatic heterocycles.